The highest BCUT2D eigenvalue weighted by Crippen LogP contribution is 2.40. The molecule has 0 spiro atoms. The van der Waals surface area contributed by atoms with Gasteiger partial charge in [-0.15, -0.1) is 0 Å². The number of methoxy groups -OCH3 is 1. The van der Waals surface area contributed by atoms with Crippen LogP contribution in [0, 0.1) is 0 Å². The van der Waals surface area contributed by atoms with Gasteiger partial charge in [0.05, 0.1) is 12.8 Å². The zero-order valence-electron chi connectivity index (χ0n) is 22.1. The zero-order chi connectivity index (χ0) is 26.8. The van der Waals surface area contributed by atoms with E-state index in [0.29, 0.717) is 5.92 Å². The van der Waals surface area contributed by atoms with E-state index in [1.54, 1.807) is 7.11 Å². The van der Waals surface area contributed by atoms with Crippen molar-refractivity contribution >= 4 is 34.1 Å². The minimum absolute atomic E-state index is 0.396. The predicted molar refractivity (Wildman–Crippen MR) is 163 cm³/mol. The fourth-order valence-corrected chi connectivity index (χ4v) is 6.75. The maximum absolute atomic E-state index is 6.56. The smallest absolute Gasteiger partial charge is 0.118 e. The van der Waals surface area contributed by atoms with Crippen LogP contribution in [0.2, 0.25) is 10.0 Å². The van der Waals surface area contributed by atoms with Crippen LogP contribution >= 0.6 is 23.2 Å². The molecule has 1 aliphatic rings. The molecular formula is C34H32Cl2N2O. The SMILES string of the molecule is COc1ccc(Cn2c(-c3ccccc3)c(CN3CCC(c4c(Cl)cccc4Cl)CC3)c3ccccc32)cc1. The van der Waals surface area contributed by atoms with Crippen LogP contribution in [-0.2, 0) is 13.1 Å². The third kappa shape index (κ3) is 5.32. The highest BCUT2D eigenvalue weighted by Gasteiger charge is 2.26. The summed E-state index contributed by atoms with van der Waals surface area (Å²) in [6.07, 6.45) is 2.10. The van der Waals surface area contributed by atoms with Crippen LogP contribution in [0.5, 0.6) is 5.75 Å². The molecule has 0 unspecified atom stereocenters. The first-order valence-electron chi connectivity index (χ1n) is 13.6. The van der Waals surface area contributed by atoms with Crippen LogP contribution in [0.4, 0.5) is 0 Å². The Morgan fingerprint density at radius 3 is 2.10 bits per heavy atom. The first-order chi connectivity index (χ1) is 19.1. The average Bonchev–Trinajstić information content (AvgIpc) is 3.27. The van der Waals surface area contributed by atoms with Crippen molar-refractivity contribution in [3.8, 4) is 17.0 Å². The van der Waals surface area contributed by atoms with E-state index in [-0.39, 0.29) is 0 Å². The molecule has 5 heteroatoms. The van der Waals surface area contributed by atoms with Crippen LogP contribution in [0.25, 0.3) is 22.2 Å². The summed E-state index contributed by atoms with van der Waals surface area (Å²) in [4.78, 5) is 2.59. The molecule has 0 bridgehead atoms. The summed E-state index contributed by atoms with van der Waals surface area (Å²) in [6, 6.07) is 33.9. The summed E-state index contributed by atoms with van der Waals surface area (Å²) in [5, 5.41) is 2.89. The molecule has 5 aromatic rings. The largest absolute Gasteiger partial charge is 0.497 e. The molecule has 6 rings (SSSR count). The number of likely N-dealkylation sites (tertiary alicyclic amines) is 1. The number of hydrogen-bond donors (Lipinski definition) is 0. The lowest BCUT2D eigenvalue weighted by atomic mass is 9.89. The summed E-state index contributed by atoms with van der Waals surface area (Å²) in [7, 11) is 1.71. The van der Waals surface area contributed by atoms with Gasteiger partial charge < -0.3 is 9.30 Å². The topological polar surface area (TPSA) is 17.4 Å². The van der Waals surface area contributed by atoms with Gasteiger partial charge in [0.2, 0.25) is 0 Å². The van der Waals surface area contributed by atoms with E-state index >= 15 is 0 Å². The summed E-state index contributed by atoms with van der Waals surface area (Å²) >= 11 is 13.1. The Bertz CT molecular complexity index is 1550. The second kappa shape index (κ2) is 11.5. The highest BCUT2D eigenvalue weighted by molar-refractivity contribution is 6.36. The number of piperidine rings is 1. The van der Waals surface area contributed by atoms with Crippen LogP contribution < -0.4 is 4.74 Å². The number of benzene rings is 4. The minimum atomic E-state index is 0.396. The van der Waals surface area contributed by atoms with Gasteiger partial charge in [-0.2, -0.15) is 0 Å². The van der Waals surface area contributed by atoms with Crippen LogP contribution in [0.3, 0.4) is 0 Å². The van der Waals surface area contributed by atoms with E-state index < -0.39 is 0 Å². The Hall–Kier alpha value is -3.24. The van der Waals surface area contributed by atoms with Gasteiger partial charge in [0.25, 0.3) is 0 Å². The lowest BCUT2D eigenvalue weighted by Crippen LogP contribution is -2.32. The fourth-order valence-electron chi connectivity index (χ4n) is 6.04. The van der Waals surface area contributed by atoms with Crippen molar-refractivity contribution in [2.75, 3.05) is 20.2 Å². The monoisotopic (exact) mass is 554 g/mol. The molecule has 39 heavy (non-hydrogen) atoms. The Morgan fingerprint density at radius 1 is 0.744 bits per heavy atom. The van der Waals surface area contributed by atoms with Gasteiger partial charge in [-0.1, -0.05) is 89.9 Å². The van der Waals surface area contributed by atoms with Gasteiger partial charge >= 0.3 is 0 Å². The first-order valence-corrected chi connectivity index (χ1v) is 14.3. The second-order valence-corrected chi connectivity index (χ2v) is 11.1. The predicted octanol–water partition coefficient (Wildman–Crippen LogP) is 9.05. The average molecular weight is 556 g/mol. The fraction of sp³-hybridized carbons (Fsp3) is 0.235. The maximum atomic E-state index is 6.56. The molecule has 1 aromatic heterocycles. The standard InChI is InChI=1S/C34H32Cl2N2O/c1-39-27-16-14-24(15-17-27)22-38-32-13-6-5-10-28(32)29(34(38)26-8-3-2-4-9-26)23-37-20-18-25(19-21-37)33-30(35)11-7-12-31(33)36/h2-17,25H,18-23H2,1H3. The van der Waals surface area contributed by atoms with E-state index in [9.17, 15) is 0 Å². The van der Waals surface area contributed by atoms with Crippen molar-refractivity contribution in [3.05, 3.63) is 124 Å². The van der Waals surface area contributed by atoms with Gasteiger partial charge in [-0.05, 0) is 84.4 Å². The highest BCUT2D eigenvalue weighted by atomic mass is 35.5. The number of fused-ring (bicyclic) bond motifs is 1. The van der Waals surface area contributed by atoms with Crippen LogP contribution in [0.1, 0.15) is 35.4 Å². The molecule has 0 N–H and O–H groups in total. The summed E-state index contributed by atoms with van der Waals surface area (Å²) in [5.74, 6) is 1.27. The Balaban J connectivity index is 1.35. The Kier molecular flexibility index (Phi) is 7.65. The zero-order valence-corrected chi connectivity index (χ0v) is 23.6. The van der Waals surface area contributed by atoms with Crippen molar-refractivity contribution in [1.82, 2.24) is 9.47 Å². The van der Waals surface area contributed by atoms with E-state index in [4.69, 9.17) is 27.9 Å². The molecule has 0 atom stereocenters. The van der Waals surface area contributed by atoms with Crippen molar-refractivity contribution in [1.29, 1.82) is 0 Å². The number of aromatic nitrogens is 1. The molecule has 2 heterocycles. The molecule has 4 aromatic carbocycles. The quantitative estimate of drug-likeness (QED) is 0.199. The van der Waals surface area contributed by atoms with Gasteiger partial charge in [0.15, 0.2) is 0 Å². The van der Waals surface area contributed by atoms with E-state index in [2.05, 4.69) is 76.2 Å². The van der Waals surface area contributed by atoms with Crippen LogP contribution in [0.15, 0.2) is 97.1 Å². The number of hydrogen-bond acceptors (Lipinski definition) is 2. The molecule has 0 radical (unpaired) electrons. The summed E-state index contributed by atoms with van der Waals surface area (Å²) in [5.41, 5.74) is 7.55. The van der Waals surface area contributed by atoms with E-state index in [1.807, 2.05) is 30.3 Å². The molecule has 1 fully saturated rings. The van der Waals surface area contributed by atoms with E-state index in [0.717, 1.165) is 60.4 Å². The number of nitrogens with zero attached hydrogens (tertiary/aromatic N) is 2. The Morgan fingerprint density at radius 2 is 1.41 bits per heavy atom. The molecule has 0 saturated carbocycles. The molecule has 1 aliphatic heterocycles. The number of para-hydroxylation sites is 1. The van der Waals surface area contributed by atoms with Crippen molar-refractivity contribution in [2.45, 2.75) is 31.8 Å². The van der Waals surface area contributed by atoms with Crippen molar-refractivity contribution in [2.24, 2.45) is 0 Å². The van der Waals surface area contributed by atoms with Crippen molar-refractivity contribution in [3.63, 3.8) is 0 Å². The minimum Gasteiger partial charge on any atom is -0.497 e. The molecule has 0 amide bonds. The van der Waals surface area contributed by atoms with Gasteiger partial charge in [0.1, 0.15) is 5.75 Å². The molecule has 1 saturated heterocycles. The van der Waals surface area contributed by atoms with Gasteiger partial charge in [0, 0.05) is 34.0 Å². The van der Waals surface area contributed by atoms with E-state index in [1.165, 1.54) is 33.3 Å². The third-order valence-corrected chi connectivity index (χ3v) is 8.66. The number of rotatable bonds is 7. The third-order valence-electron chi connectivity index (χ3n) is 8.00. The molecule has 0 aliphatic carbocycles. The summed E-state index contributed by atoms with van der Waals surface area (Å²) < 4.78 is 7.88. The van der Waals surface area contributed by atoms with Gasteiger partial charge in [-0.25, -0.2) is 0 Å². The normalized spacial score (nSPS) is 14.6. The Labute approximate surface area is 240 Å². The molecular weight excluding hydrogens is 523 g/mol. The van der Waals surface area contributed by atoms with Gasteiger partial charge in [-0.3, -0.25) is 4.90 Å². The lowest BCUT2D eigenvalue weighted by molar-refractivity contribution is 0.205. The lowest BCUT2D eigenvalue weighted by Gasteiger charge is -2.33. The first kappa shape index (κ1) is 26.0. The number of ether oxygens (including phenoxy) is 1. The maximum Gasteiger partial charge on any atom is 0.118 e. The molecule has 3 nitrogen and oxygen atoms in total. The van der Waals surface area contributed by atoms with Crippen LogP contribution in [-0.4, -0.2) is 29.7 Å². The molecule has 198 valence electrons. The second-order valence-electron chi connectivity index (χ2n) is 10.3. The summed E-state index contributed by atoms with van der Waals surface area (Å²) in [6.45, 7) is 3.72. The van der Waals surface area contributed by atoms with Crippen molar-refractivity contribution < 1.29 is 4.74 Å². The number of halogens is 2.